The van der Waals surface area contributed by atoms with Crippen molar-refractivity contribution in [2.24, 2.45) is 0 Å². The summed E-state index contributed by atoms with van der Waals surface area (Å²) in [5.74, 6) is 0. The highest BCUT2D eigenvalue weighted by molar-refractivity contribution is 7.79. The Kier molecular flexibility index (Phi) is 5.30. The summed E-state index contributed by atoms with van der Waals surface area (Å²) in [7, 11) is 0. The number of nitrogens with one attached hydrogen (secondary N) is 1. The summed E-state index contributed by atoms with van der Waals surface area (Å²) in [4.78, 5) is 24.3. The molecule has 1 rings (SSSR count). The van der Waals surface area contributed by atoms with Crippen LogP contribution in [-0.2, 0) is 17.6 Å². The molecule has 0 spiro atoms. The van der Waals surface area contributed by atoms with Gasteiger partial charge in [0.15, 0.2) is 11.1 Å². The van der Waals surface area contributed by atoms with Crippen LogP contribution in [0.4, 0.5) is 0 Å². The molecule has 1 heterocycles. The Morgan fingerprint density at radius 2 is 2.06 bits per heavy atom. The van der Waals surface area contributed by atoms with Crippen LogP contribution in [0, 0.1) is 0 Å². The van der Waals surface area contributed by atoms with Crippen LogP contribution >= 0.6 is 0 Å². The molecule has 1 aromatic rings. The van der Waals surface area contributed by atoms with E-state index < -0.39 is 22.3 Å². The SMILES string of the molecule is CCCCCCn1cc(S(=O)O)c(=O)[nH]c1=O. The molecule has 0 amide bonds. The van der Waals surface area contributed by atoms with Gasteiger partial charge in [-0.2, -0.15) is 0 Å². The van der Waals surface area contributed by atoms with Gasteiger partial charge in [-0.1, -0.05) is 26.2 Å². The molecule has 2 N–H and O–H groups in total. The number of unbranched alkanes of at least 4 members (excludes halogenated alkanes) is 3. The molecule has 17 heavy (non-hydrogen) atoms. The molecular weight excluding hydrogens is 244 g/mol. The molecule has 1 unspecified atom stereocenters. The van der Waals surface area contributed by atoms with Gasteiger partial charge in [-0.05, 0) is 6.42 Å². The molecule has 0 aliphatic heterocycles. The standard InChI is InChI=1S/C10H16N2O4S/c1-2-3-4-5-6-12-7-8(17(15)16)9(13)11-10(12)14/h7H,2-6H2,1H3,(H,15,16)(H,11,13,14). The lowest BCUT2D eigenvalue weighted by molar-refractivity contribution is 0.540. The predicted octanol–water partition coefficient (Wildman–Crippen LogP) is 0.698. The maximum atomic E-state index is 11.4. The highest BCUT2D eigenvalue weighted by atomic mass is 32.2. The van der Waals surface area contributed by atoms with Crippen LogP contribution in [0.15, 0.2) is 20.7 Å². The number of H-pyrrole nitrogens is 1. The molecule has 0 aliphatic carbocycles. The first-order valence-electron chi connectivity index (χ1n) is 5.51. The quantitative estimate of drug-likeness (QED) is 0.581. The monoisotopic (exact) mass is 260 g/mol. The second kappa shape index (κ2) is 6.51. The van der Waals surface area contributed by atoms with Gasteiger partial charge < -0.3 is 4.55 Å². The Morgan fingerprint density at radius 1 is 1.35 bits per heavy atom. The topological polar surface area (TPSA) is 92.2 Å². The summed E-state index contributed by atoms with van der Waals surface area (Å²) in [5.41, 5.74) is -1.35. The van der Waals surface area contributed by atoms with Gasteiger partial charge in [-0.15, -0.1) is 0 Å². The van der Waals surface area contributed by atoms with Crippen molar-refractivity contribution in [2.45, 2.75) is 44.0 Å². The molecule has 0 aliphatic rings. The summed E-state index contributed by atoms with van der Waals surface area (Å²) >= 11 is -2.37. The number of hydrogen-bond acceptors (Lipinski definition) is 3. The zero-order valence-corrected chi connectivity index (χ0v) is 10.5. The molecule has 1 aromatic heterocycles. The zero-order chi connectivity index (χ0) is 12.8. The van der Waals surface area contributed by atoms with Gasteiger partial charge >= 0.3 is 5.69 Å². The highest BCUT2D eigenvalue weighted by Gasteiger charge is 2.09. The van der Waals surface area contributed by atoms with Crippen LogP contribution < -0.4 is 11.2 Å². The Bertz CT molecular complexity index is 506. The Hall–Kier alpha value is -1.21. The van der Waals surface area contributed by atoms with Crippen molar-refractivity contribution in [3.05, 3.63) is 27.0 Å². The second-order valence-electron chi connectivity index (χ2n) is 3.76. The number of aromatic nitrogens is 2. The van der Waals surface area contributed by atoms with Crippen LogP contribution in [0.5, 0.6) is 0 Å². The van der Waals surface area contributed by atoms with Gasteiger partial charge in [0.1, 0.15) is 4.90 Å². The van der Waals surface area contributed by atoms with Crippen LogP contribution in [-0.4, -0.2) is 18.3 Å². The Labute approximate surface area is 101 Å². The summed E-state index contributed by atoms with van der Waals surface area (Å²) in [5, 5.41) is 0. The summed E-state index contributed by atoms with van der Waals surface area (Å²) in [6.07, 6.45) is 5.11. The van der Waals surface area contributed by atoms with Crippen molar-refractivity contribution in [1.82, 2.24) is 9.55 Å². The first-order valence-corrected chi connectivity index (χ1v) is 6.61. The number of aryl methyl sites for hydroxylation is 1. The maximum Gasteiger partial charge on any atom is 0.328 e. The van der Waals surface area contributed by atoms with E-state index in [2.05, 4.69) is 6.92 Å². The molecule has 96 valence electrons. The van der Waals surface area contributed by atoms with Crippen molar-refractivity contribution in [2.75, 3.05) is 0 Å². The fourth-order valence-corrected chi connectivity index (χ4v) is 1.92. The predicted molar refractivity (Wildman–Crippen MR) is 64.5 cm³/mol. The molecule has 0 saturated heterocycles. The van der Waals surface area contributed by atoms with Crippen LogP contribution in [0.1, 0.15) is 32.6 Å². The largest absolute Gasteiger partial charge is 0.328 e. The van der Waals surface area contributed by atoms with Gasteiger partial charge in [-0.3, -0.25) is 14.3 Å². The summed E-state index contributed by atoms with van der Waals surface area (Å²) in [6, 6.07) is 0. The van der Waals surface area contributed by atoms with Gasteiger partial charge in [0.25, 0.3) is 5.56 Å². The molecule has 1 atom stereocenters. The third-order valence-corrected chi connectivity index (χ3v) is 3.09. The lowest BCUT2D eigenvalue weighted by Gasteiger charge is -2.05. The average molecular weight is 260 g/mol. The van der Waals surface area contributed by atoms with Crippen molar-refractivity contribution >= 4 is 11.1 Å². The van der Waals surface area contributed by atoms with Gasteiger partial charge in [0, 0.05) is 12.7 Å². The zero-order valence-electron chi connectivity index (χ0n) is 9.64. The Morgan fingerprint density at radius 3 is 2.65 bits per heavy atom. The minimum atomic E-state index is -2.37. The molecule has 6 nitrogen and oxygen atoms in total. The van der Waals surface area contributed by atoms with Gasteiger partial charge in [-0.25, -0.2) is 9.00 Å². The lowest BCUT2D eigenvalue weighted by Crippen LogP contribution is -2.31. The van der Waals surface area contributed by atoms with E-state index in [4.69, 9.17) is 4.55 Å². The first kappa shape index (κ1) is 13.9. The lowest BCUT2D eigenvalue weighted by atomic mass is 10.2. The molecule has 7 heteroatoms. The average Bonchev–Trinajstić information content (AvgIpc) is 2.26. The molecule has 0 radical (unpaired) electrons. The number of rotatable bonds is 6. The van der Waals surface area contributed by atoms with Crippen LogP contribution in [0.3, 0.4) is 0 Å². The van der Waals surface area contributed by atoms with Crippen molar-refractivity contribution < 1.29 is 8.76 Å². The molecular formula is C10H16N2O4S. The second-order valence-corrected chi connectivity index (χ2v) is 4.69. The van der Waals surface area contributed by atoms with Gasteiger partial charge in [0.2, 0.25) is 0 Å². The van der Waals surface area contributed by atoms with Crippen molar-refractivity contribution in [3.8, 4) is 0 Å². The molecule has 0 saturated carbocycles. The third kappa shape index (κ3) is 3.94. The highest BCUT2D eigenvalue weighted by Crippen LogP contribution is 2.01. The van der Waals surface area contributed by atoms with Crippen molar-refractivity contribution in [3.63, 3.8) is 0 Å². The van der Waals surface area contributed by atoms with Crippen LogP contribution in [0.2, 0.25) is 0 Å². The number of nitrogens with zero attached hydrogens (tertiary/aromatic N) is 1. The van der Waals surface area contributed by atoms with Crippen LogP contribution in [0.25, 0.3) is 0 Å². The minimum Gasteiger partial charge on any atom is -0.302 e. The van der Waals surface area contributed by atoms with E-state index in [0.29, 0.717) is 6.54 Å². The first-order chi connectivity index (χ1) is 8.06. The van der Waals surface area contributed by atoms with E-state index in [0.717, 1.165) is 31.9 Å². The summed E-state index contributed by atoms with van der Waals surface area (Å²) in [6.45, 7) is 2.53. The van der Waals surface area contributed by atoms with Crippen molar-refractivity contribution in [1.29, 1.82) is 0 Å². The molecule has 0 fully saturated rings. The third-order valence-electron chi connectivity index (χ3n) is 2.42. The fraction of sp³-hybridized carbons (Fsp3) is 0.600. The fourth-order valence-electron chi connectivity index (χ4n) is 1.49. The van der Waals surface area contributed by atoms with E-state index in [-0.39, 0.29) is 4.90 Å². The van der Waals surface area contributed by atoms with E-state index in [1.807, 2.05) is 4.98 Å². The summed E-state index contributed by atoms with van der Waals surface area (Å²) < 4.78 is 21.0. The minimum absolute atomic E-state index is 0.292. The number of hydrogen-bond donors (Lipinski definition) is 2. The Balaban J connectivity index is 2.85. The van der Waals surface area contributed by atoms with E-state index >= 15 is 0 Å². The van der Waals surface area contributed by atoms with E-state index in [1.165, 1.54) is 4.57 Å². The molecule has 0 bridgehead atoms. The van der Waals surface area contributed by atoms with Gasteiger partial charge in [0.05, 0.1) is 0 Å². The van der Waals surface area contributed by atoms with E-state index in [9.17, 15) is 13.8 Å². The maximum absolute atomic E-state index is 11.4. The van der Waals surface area contributed by atoms with E-state index in [1.54, 1.807) is 0 Å². The molecule has 0 aromatic carbocycles. The normalized spacial score (nSPS) is 12.6. The number of aromatic amines is 1. The smallest absolute Gasteiger partial charge is 0.302 e.